The normalized spacial score (nSPS) is 12.9. The summed E-state index contributed by atoms with van der Waals surface area (Å²) in [4.78, 5) is 8.80. The van der Waals surface area contributed by atoms with E-state index in [1.807, 2.05) is 30.7 Å². The van der Waals surface area contributed by atoms with Crippen LogP contribution in [0.1, 0.15) is 18.8 Å². The SMILES string of the molecule is CCn1ccnc1C(Cn1cnc2ccccc21)NN. The van der Waals surface area contributed by atoms with Crippen molar-refractivity contribution in [3.63, 3.8) is 0 Å². The molecule has 6 nitrogen and oxygen atoms in total. The fourth-order valence-electron chi connectivity index (χ4n) is 2.46. The van der Waals surface area contributed by atoms with Crippen LogP contribution in [0, 0.1) is 0 Å². The van der Waals surface area contributed by atoms with E-state index in [0.29, 0.717) is 6.54 Å². The summed E-state index contributed by atoms with van der Waals surface area (Å²) in [7, 11) is 0. The molecule has 0 bridgehead atoms. The Morgan fingerprint density at radius 2 is 2.10 bits per heavy atom. The Balaban J connectivity index is 1.92. The maximum absolute atomic E-state index is 5.71. The smallest absolute Gasteiger partial charge is 0.129 e. The first-order valence-corrected chi connectivity index (χ1v) is 6.70. The Kier molecular flexibility index (Phi) is 3.49. The summed E-state index contributed by atoms with van der Waals surface area (Å²) in [6, 6.07) is 8.01. The second-order valence-electron chi connectivity index (χ2n) is 4.68. The van der Waals surface area contributed by atoms with Gasteiger partial charge in [0, 0.05) is 25.5 Å². The Labute approximate surface area is 117 Å². The molecule has 0 spiro atoms. The van der Waals surface area contributed by atoms with Crippen molar-refractivity contribution < 1.29 is 0 Å². The lowest BCUT2D eigenvalue weighted by Gasteiger charge is -2.17. The fraction of sp³-hybridized carbons (Fsp3) is 0.286. The fourth-order valence-corrected chi connectivity index (χ4v) is 2.46. The summed E-state index contributed by atoms with van der Waals surface area (Å²) in [6.45, 7) is 3.65. The molecule has 0 saturated carbocycles. The third-order valence-corrected chi connectivity index (χ3v) is 3.51. The number of imidazole rings is 2. The predicted octanol–water partition coefficient (Wildman–Crippen LogP) is 1.46. The lowest BCUT2D eigenvalue weighted by atomic mass is 10.2. The van der Waals surface area contributed by atoms with E-state index in [2.05, 4.69) is 37.5 Å². The molecule has 0 aliphatic carbocycles. The van der Waals surface area contributed by atoms with Crippen LogP contribution in [0.25, 0.3) is 11.0 Å². The van der Waals surface area contributed by atoms with E-state index in [1.54, 1.807) is 6.20 Å². The molecular weight excluding hydrogens is 252 g/mol. The van der Waals surface area contributed by atoms with Gasteiger partial charge >= 0.3 is 0 Å². The lowest BCUT2D eigenvalue weighted by Crippen LogP contribution is -2.33. The first-order valence-electron chi connectivity index (χ1n) is 6.70. The van der Waals surface area contributed by atoms with Crippen molar-refractivity contribution in [3.05, 3.63) is 48.8 Å². The molecular formula is C14H18N6. The summed E-state index contributed by atoms with van der Waals surface area (Å²) in [5.74, 6) is 6.65. The number of fused-ring (bicyclic) bond motifs is 1. The minimum Gasteiger partial charge on any atom is -0.334 e. The van der Waals surface area contributed by atoms with Crippen LogP contribution >= 0.6 is 0 Å². The minimum absolute atomic E-state index is 0.0532. The van der Waals surface area contributed by atoms with Gasteiger partial charge in [0.25, 0.3) is 0 Å². The molecule has 1 unspecified atom stereocenters. The van der Waals surface area contributed by atoms with Gasteiger partial charge in [-0.2, -0.15) is 0 Å². The van der Waals surface area contributed by atoms with Gasteiger partial charge in [-0.25, -0.2) is 15.4 Å². The Morgan fingerprint density at radius 3 is 2.90 bits per heavy atom. The highest BCUT2D eigenvalue weighted by atomic mass is 15.3. The number of hydrogen-bond donors (Lipinski definition) is 2. The molecule has 2 aromatic heterocycles. The van der Waals surface area contributed by atoms with E-state index in [0.717, 1.165) is 23.4 Å². The highest BCUT2D eigenvalue weighted by molar-refractivity contribution is 5.74. The van der Waals surface area contributed by atoms with Crippen molar-refractivity contribution in [3.8, 4) is 0 Å². The van der Waals surface area contributed by atoms with Gasteiger partial charge in [0.2, 0.25) is 0 Å². The third-order valence-electron chi connectivity index (χ3n) is 3.51. The number of para-hydroxylation sites is 2. The monoisotopic (exact) mass is 270 g/mol. The van der Waals surface area contributed by atoms with Crippen LogP contribution < -0.4 is 11.3 Å². The molecule has 0 fully saturated rings. The topological polar surface area (TPSA) is 73.7 Å². The molecule has 0 aliphatic rings. The summed E-state index contributed by atoms with van der Waals surface area (Å²) in [5, 5.41) is 0. The molecule has 3 N–H and O–H groups in total. The van der Waals surface area contributed by atoms with Gasteiger partial charge in [0.1, 0.15) is 5.82 Å². The van der Waals surface area contributed by atoms with Gasteiger partial charge in [0.15, 0.2) is 0 Å². The van der Waals surface area contributed by atoms with Gasteiger partial charge in [-0.05, 0) is 19.1 Å². The van der Waals surface area contributed by atoms with Crippen LogP contribution in [-0.2, 0) is 13.1 Å². The first-order chi connectivity index (χ1) is 9.83. The van der Waals surface area contributed by atoms with E-state index in [9.17, 15) is 0 Å². The van der Waals surface area contributed by atoms with Gasteiger partial charge in [-0.1, -0.05) is 12.1 Å². The average Bonchev–Trinajstić information content (AvgIpc) is 3.11. The molecule has 104 valence electrons. The number of aryl methyl sites for hydroxylation is 1. The van der Waals surface area contributed by atoms with E-state index in [-0.39, 0.29) is 6.04 Å². The molecule has 0 saturated heterocycles. The van der Waals surface area contributed by atoms with E-state index in [4.69, 9.17) is 5.84 Å². The van der Waals surface area contributed by atoms with Crippen LogP contribution in [0.3, 0.4) is 0 Å². The van der Waals surface area contributed by atoms with Crippen LogP contribution in [0.4, 0.5) is 0 Å². The second-order valence-corrected chi connectivity index (χ2v) is 4.68. The molecule has 1 atom stereocenters. The summed E-state index contributed by atoms with van der Waals surface area (Å²) in [5.41, 5.74) is 4.94. The standard InChI is InChI=1S/C14H18N6/c1-2-19-8-7-16-14(19)12(18-15)9-20-10-17-11-5-3-4-6-13(11)20/h3-8,10,12,18H,2,9,15H2,1H3. The van der Waals surface area contributed by atoms with Crippen LogP contribution in [0.2, 0.25) is 0 Å². The zero-order valence-corrected chi connectivity index (χ0v) is 11.4. The maximum atomic E-state index is 5.71. The van der Waals surface area contributed by atoms with Crippen LogP contribution in [0.15, 0.2) is 43.0 Å². The zero-order chi connectivity index (χ0) is 13.9. The van der Waals surface area contributed by atoms with Gasteiger partial charge in [0.05, 0.1) is 23.4 Å². The quantitative estimate of drug-likeness (QED) is 0.544. The maximum Gasteiger partial charge on any atom is 0.129 e. The molecule has 3 rings (SSSR count). The summed E-state index contributed by atoms with van der Waals surface area (Å²) in [6.07, 6.45) is 5.61. The molecule has 0 amide bonds. The van der Waals surface area contributed by atoms with Crippen molar-refractivity contribution in [2.75, 3.05) is 0 Å². The molecule has 2 heterocycles. The summed E-state index contributed by atoms with van der Waals surface area (Å²) < 4.78 is 4.18. The molecule has 1 aromatic carbocycles. The molecule has 20 heavy (non-hydrogen) atoms. The predicted molar refractivity (Wildman–Crippen MR) is 77.7 cm³/mol. The van der Waals surface area contributed by atoms with E-state index < -0.39 is 0 Å². The van der Waals surface area contributed by atoms with Crippen LogP contribution in [-0.4, -0.2) is 19.1 Å². The third kappa shape index (κ3) is 2.19. The Morgan fingerprint density at radius 1 is 1.25 bits per heavy atom. The number of hydrazine groups is 1. The van der Waals surface area contributed by atoms with E-state index in [1.165, 1.54) is 0 Å². The Bertz CT molecular complexity index is 698. The van der Waals surface area contributed by atoms with Crippen molar-refractivity contribution in [1.29, 1.82) is 0 Å². The average molecular weight is 270 g/mol. The highest BCUT2D eigenvalue weighted by Gasteiger charge is 2.16. The summed E-state index contributed by atoms with van der Waals surface area (Å²) >= 11 is 0. The molecule has 0 radical (unpaired) electrons. The number of nitrogens with one attached hydrogen (secondary N) is 1. The lowest BCUT2D eigenvalue weighted by molar-refractivity contribution is 0.442. The van der Waals surface area contributed by atoms with E-state index >= 15 is 0 Å². The van der Waals surface area contributed by atoms with Crippen molar-refractivity contribution in [2.24, 2.45) is 5.84 Å². The van der Waals surface area contributed by atoms with Crippen molar-refractivity contribution in [1.82, 2.24) is 24.5 Å². The number of rotatable bonds is 5. The van der Waals surface area contributed by atoms with Crippen molar-refractivity contribution in [2.45, 2.75) is 26.1 Å². The largest absolute Gasteiger partial charge is 0.334 e. The number of aromatic nitrogens is 4. The minimum atomic E-state index is -0.0532. The number of benzene rings is 1. The van der Waals surface area contributed by atoms with Crippen LogP contribution in [0.5, 0.6) is 0 Å². The molecule has 0 aliphatic heterocycles. The van der Waals surface area contributed by atoms with Gasteiger partial charge in [-0.15, -0.1) is 0 Å². The Hall–Kier alpha value is -2.18. The van der Waals surface area contributed by atoms with Gasteiger partial charge in [-0.3, -0.25) is 5.84 Å². The van der Waals surface area contributed by atoms with Gasteiger partial charge < -0.3 is 9.13 Å². The zero-order valence-electron chi connectivity index (χ0n) is 11.4. The number of nitrogens with zero attached hydrogens (tertiary/aromatic N) is 4. The highest BCUT2D eigenvalue weighted by Crippen LogP contribution is 2.17. The second kappa shape index (κ2) is 5.44. The molecule has 3 aromatic rings. The van der Waals surface area contributed by atoms with Crippen molar-refractivity contribution >= 4 is 11.0 Å². The molecule has 6 heteroatoms. The number of hydrogen-bond acceptors (Lipinski definition) is 4. The number of nitrogens with two attached hydrogens (primary N) is 1. The first kappa shape index (κ1) is 12.8.